The average molecular weight is 717 g/mol. The maximum atomic E-state index is 13.4. The highest BCUT2D eigenvalue weighted by molar-refractivity contribution is 5.97. The van der Waals surface area contributed by atoms with E-state index in [-0.39, 0.29) is 35.8 Å². The van der Waals surface area contributed by atoms with Crippen molar-refractivity contribution in [1.82, 2.24) is 20.6 Å². The van der Waals surface area contributed by atoms with Crippen molar-refractivity contribution in [1.29, 1.82) is 0 Å². The third-order valence-electron chi connectivity index (χ3n) is 8.95. The second kappa shape index (κ2) is 18.1. The molecule has 10 heteroatoms. The van der Waals surface area contributed by atoms with Crippen LogP contribution in [0, 0.1) is 0 Å². The summed E-state index contributed by atoms with van der Waals surface area (Å²) in [7, 11) is 0. The fourth-order valence-corrected chi connectivity index (χ4v) is 5.75. The van der Waals surface area contributed by atoms with Crippen LogP contribution in [0.15, 0.2) is 102 Å². The van der Waals surface area contributed by atoms with Crippen LogP contribution in [0.1, 0.15) is 97.6 Å². The average Bonchev–Trinajstić information content (AvgIpc) is 3.65. The van der Waals surface area contributed by atoms with Crippen molar-refractivity contribution < 1.29 is 28.6 Å². The Bertz CT molecular complexity index is 1940. The molecule has 5 rings (SSSR count). The number of aromatic nitrogens is 2. The highest BCUT2D eigenvalue weighted by Gasteiger charge is 2.23. The van der Waals surface area contributed by atoms with Gasteiger partial charge in [0.25, 0.3) is 5.91 Å². The Hall–Kier alpha value is -5.77. The molecule has 2 heterocycles. The molecule has 1 unspecified atom stereocenters. The molecule has 0 spiro atoms. The zero-order chi connectivity index (χ0) is 37.8. The van der Waals surface area contributed by atoms with E-state index in [1.54, 1.807) is 24.5 Å². The van der Waals surface area contributed by atoms with Crippen molar-refractivity contribution in [3.05, 3.63) is 126 Å². The second-order valence-electron chi connectivity index (χ2n) is 14.1. The van der Waals surface area contributed by atoms with Crippen LogP contribution in [0.25, 0.3) is 22.5 Å². The summed E-state index contributed by atoms with van der Waals surface area (Å²) in [6, 6.07) is 24.7. The van der Waals surface area contributed by atoms with Crippen LogP contribution < -0.4 is 15.4 Å². The highest BCUT2D eigenvalue weighted by Crippen LogP contribution is 2.25. The number of hydrogen-bond donors (Lipinski definition) is 3. The molecular formula is C43H48N4O6. The summed E-state index contributed by atoms with van der Waals surface area (Å²) in [6.45, 7) is 9.18. The summed E-state index contributed by atoms with van der Waals surface area (Å²) in [4.78, 5) is 47.2. The summed E-state index contributed by atoms with van der Waals surface area (Å²) in [5.41, 5.74) is 4.95. The normalized spacial score (nSPS) is 11.8. The number of ether oxygens (including phenoxy) is 1. The lowest BCUT2D eigenvalue weighted by molar-refractivity contribution is -0.123. The van der Waals surface area contributed by atoms with Crippen LogP contribution in [-0.4, -0.2) is 45.5 Å². The first kappa shape index (κ1) is 38.5. The van der Waals surface area contributed by atoms with Gasteiger partial charge >= 0.3 is 5.97 Å². The second-order valence-corrected chi connectivity index (χ2v) is 14.1. The fourth-order valence-electron chi connectivity index (χ4n) is 5.75. The van der Waals surface area contributed by atoms with Gasteiger partial charge in [-0.05, 0) is 64.9 Å². The lowest BCUT2D eigenvalue weighted by Gasteiger charge is -2.20. The molecule has 0 radical (unpaired) electrons. The van der Waals surface area contributed by atoms with E-state index in [1.165, 1.54) is 37.8 Å². The third kappa shape index (κ3) is 11.1. The van der Waals surface area contributed by atoms with Crippen LogP contribution in [0.4, 0.5) is 0 Å². The summed E-state index contributed by atoms with van der Waals surface area (Å²) in [5.74, 6) is -0.562. The lowest BCUT2D eigenvalue weighted by Crippen LogP contribution is -2.47. The number of carboxylic acids is 1. The molecular weight excluding hydrogens is 668 g/mol. The van der Waals surface area contributed by atoms with E-state index in [1.807, 2.05) is 60.7 Å². The standard InChI is InChI=1S/C43H48N4O6/c1-5-6-7-8-9-24-52-35-20-16-30(17-21-35)33-26-44-39(45-27-33)31-12-10-29(11-13-31)25-37(41(49)46-28-36-22-23-38(53-36)42(50)51)47-40(48)32-14-18-34(19-15-32)43(2,3)4/h10-23,26-27,37H,5-9,24-25,28H2,1-4H3,(H,46,49)(H,47,48)(H,50,51). The lowest BCUT2D eigenvalue weighted by atomic mass is 9.86. The highest BCUT2D eigenvalue weighted by atomic mass is 16.5. The number of rotatable bonds is 17. The minimum atomic E-state index is -1.20. The zero-order valence-corrected chi connectivity index (χ0v) is 30.9. The number of nitrogens with zero attached hydrogens (tertiary/aromatic N) is 2. The van der Waals surface area contributed by atoms with Crippen LogP contribution in [-0.2, 0) is 23.2 Å². The van der Waals surface area contributed by atoms with Gasteiger partial charge in [-0.1, -0.05) is 102 Å². The molecule has 0 aliphatic heterocycles. The van der Waals surface area contributed by atoms with Gasteiger partial charge in [0.05, 0.1) is 13.2 Å². The number of benzene rings is 3. The Balaban J connectivity index is 1.23. The monoisotopic (exact) mass is 716 g/mol. The number of aromatic carboxylic acids is 1. The molecule has 1 atom stereocenters. The van der Waals surface area contributed by atoms with Crippen LogP contribution >= 0.6 is 0 Å². The quantitative estimate of drug-likeness (QED) is 0.0814. The number of nitrogens with one attached hydrogen (secondary N) is 2. The van der Waals surface area contributed by atoms with Gasteiger partial charge in [0.15, 0.2) is 5.82 Å². The summed E-state index contributed by atoms with van der Waals surface area (Å²) >= 11 is 0. The topological polar surface area (TPSA) is 144 Å². The molecule has 0 saturated carbocycles. The van der Waals surface area contributed by atoms with Crippen molar-refractivity contribution in [3.63, 3.8) is 0 Å². The van der Waals surface area contributed by atoms with Crippen LogP contribution in [0.2, 0.25) is 0 Å². The summed E-state index contributed by atoms with van der Waals surface area (Å²) < 4.78 is 11.2. The third-order valence-corrected chi connectivity index (χ3v) is 8.95. The van der Waals surface area contributed by atoms with Crippen molar-refractivity contribution in [2.45, 2.75) is 84.2 Å². The Labute approximate surface area is 311 Å². The predicted octanol–water partition coefficient (Wildman–Crippen LogP) is 8.41. The van der Waals surface area contributed by atoms with E-state index in [9.17, 15) is 14.4 Å². The number of carbonyl (C=O) groups is 3. The molecule has 276 valence electrons. The first-order valence-corrected chi connectivity index (χ1v) is 18.2. The Morgan fingerprint density at radius 3 is 2.08 bits per heavy atom. The van der Waals surface area contributed by atoms with Gasteiger partial charge in [0.1, 0.15) is 17.6 Å². The summed E-state index contributed by atoms with van der Waals surface area (Å²) in [5, 5.41) is 14.8. The number of carbonyl (C=O) groups excluding carboxylic acids is 2. The maximum Gasteiger partial charge on any atom is 0.371 e. The fraction of sp³-hybridized carbons (Fsp3) is 0.326. The first-order chi connectivity index (χ1) is 25.5. The zero-order valence-electron chi connectivity index (χ0n) is 30.9. The first-order valence-electron chi connectivity index (χ1n) is 18.2. The largest absolute Gasteiger partial charge is 0.494 e. The van der Waals surface area contributed by atoms with E-state index >= 15 is 0 Å². The SMILES string of the molecule is CCCCCCCOc1ccc(-c2cnc(-c3ccc(CC(NC(=O)c4ccc(C(C)(C)C)cc4)C(=O)NCc4ccc(C(=O)O)o4)cc3)nc2)cc1. The molecule has 5 aromatic rings. The van der Waals surface area contributed by atoms with Crippen LogP contribution in [0.3, 0.4) is 0 Å². The van der Waals surface area contributed by atoms with Gasteiger partial charge in [-0.3, -0.25) is 9.59 Å². The minimum Gasteiger partial charge on any atom is -0.494 e. The van der Waals surface area contributed by atoms with Crippen LogP contribution in [0.5, 0.6) is 5.75 Å². The van der Waals surface area contributed by atoms with Crippen molar-refractivity contribution >= 4 is 17.8 Å². The molecule has 0 aliphatic carbocycles. The molecule has 0 saturated heterocycles. The van der Waals surface area contributed by atoms with Crippen molar-refractivity contribution in [2.75, 3.05) is 6.61 Å². The minimum absolute atomic E-state index is 0.0395. The number of unbranched alkanes of at least 4 members (excludes halogenated alkanes) is 4. The number of carboxylic acid groups (broad SMARTS) is 1. The van der Waals surface area contributed by atoms with Gasteiger partial charge in [0, 0.05) is 35.5 Å². The molecule has 3 N–H and O–H groups in total. The van der Waals surface area contributed by atoms with E-state index in [0.29, 0.717) is 11.4 Å². The van der Waals surface area contributed by atoms with E-state index < -0.39 is 17.9 Å². The van der Waals surface area contributed by atoms with Gasteiger partial charge in [-0.15, -0.1) is 0 Å². The van der Waals surface area contributed by atoms with Gasteiger partial charge in [-0.25, -0.2) is 14.8 Å². The maximum absolute atomic E-state index is 13.4. The van der Waals surface area contributed by atoms with Crippen molar-refractivity contribution in [3.8, 4) is 28.3 Å². The molecule has 53 heavy (non-hydrogen) atoms. The number of hydrogen-bond acceptors (Lipinski definition) is 7. The molecule has 0 bridgehead atoms. The Kier molecular flexibility index (Phi) is 13.2. The van der Waals surface area contributed by atoms with Crippen molar-refractivity contribution in [2.24, 2.45) is 0 Å². The van der Waals surface area contributed by atoms with Gasteiger partial charge < -0.3 is 24.9 Å². The van der Waals surface area contributed by atoms with E-state index in [2.05, 4.69) is 48.3 Å². The smallest absolute Gasteiger partial charge is 0.371 e. The summed E-state index contributed by atoms with van der Waals surface area (Å²) in [6.07, 6.45) is 9.79. The Morgan fingerprint density at radius 2 is 1.45 bits per heavy atom. The van der Waals surface area contributed by atoms with E-state index in [4.69, 9.17) is 14.3 Å². The van der Waals surface area contributed by atoms with Gasteiger partial charge in [-0.2, -0.15) is 0 Å². The molecule has 3 aromatic carbocycles. The molecule has 0 fully saturated rings. The molecule has 2 amide bonds. The Morgan fingerprint density at radius 1 is 0.792 bits per heavy atom. The van der Waals surface area contributed by atoms with Gasteiger partial charge in [0.2, 0.25) is 11.7 Å². The number of amides is 2. The molecule has 0 aliphatic rings. The number of furan rings is 1. The molecule has 2 aromatic heterocycles. The van der Waals surface area contributed by atoms with E-state index in [0.717, 1.165) is 46.6 Å². The predicted molar refractivity (Wildman–Crippen MR) is 205 cm³/mol. The molecule has 10 nitrogen and oxygen atoms in total.